The van der Waals surface area contributed by atoms with Crippen molar-refractivity contribution in [2.75, 3.05) is 7.11 Å². The van der Waals surface area contributed by atoms with Crippen molar-refractivity contribution >= 4 is 45.0 Å². The lowest BCUT2D eigenvalue weighted by Gasteiger charge is -2.26. The van der Waals surface area contributed by atoms with Crippen LogP contribution in [0.3, 0.4) is 0 Å². The summed E-state index contributed by atoms with van der Waals surface area (Å²) < 4.78 is 11.9. The molecule has 0 bridgehead atoms. The number of hydrogen-bond acceptors (Lipinski definition) is 3. The molecule has 1 aliphatic carbocycles. The second-order valence-electron chi connectivity index (χ2n) is 5.76. The number of benzene rings is 2. The second kappa shape index (κ2) is 7.85. The van der Waals surface area contributed by atoms with Crippen molar-refractivity contribution in [1.29, 1.82) is 0 Å². The zero-order chi connectivity index (χ0) is 18.0. The van der Waals surface area contributed by atoms with E-state index in [-0.39, 0.29) is 11.9 Å². The Balaban J connectivity index is 1.87. The van der Waals surface area contributed by atoms with Crippen molar-refractivity contribution in [3.05, 3.63) is 50.4 Å². The monoisotopic (exact) mass is 443 g/mol. The SMILES string of the molecule is COc1ccc(Oc2c(Cl)cc(Br)cc2Cl)cc1C(=O)NC1CCC1. The summed E-state index contributed by atoms with van der Waals surface area (Å²) in [4.78, 5) is 12.5. The number of ether oxygens (including phenoxy) is 2. The van der Waals surface area contributed by atoms with Gasteiger partial charge < -0.3 is 14.8 Å². The molecule has 0 aromatic heterocycles. The number of rotatable bonds is 5. The van der Waals surface area contributed by atoms with Crippen molar-refractivity contribution in [2.24, 2.45) is 0 Å². The van der Waals surface area contributed by atoms with E-state index in [0.717, 1.165) is 23.7 Å². The summed E-state index contributed by atoms with van der Waals surface area (Å²) >= 11 is 15.7. The van der Waals surface area contributed by atoms with Crippen LogP contribution in [0.25, 0.3) is 0 Å². The molecule has 1 saturated carbocycles. The van der Waals surface area contributed by atoms with E-state index < -0.39 is 0 Å². The minimum Gasteiger partial charge on any atom is -0.496 e. The topological polar surface area (TPSA) is 47.6 Å². The minimum absolute atomic E-state index is 0.181. The lowest BCUT2D eigenvalue weighted by molar-refractivity contribution is 0.0913. The smallest absolute Gasteiger partial charge is 0.255 e. The average molecular weight is 445 g/mol. The van der Waals surface area contributed by atoms with Crippen LogP contribution in [0.2, 0.25) is 10.0 Å². The predicted octanol–water partition coefficient (Wildman–Crippen LogP) is 5.84. The van der Waals surface area contributed by atoms with E-state index in [2.05, 4.69) is 21.2 Å². The van der Waals surface area contributed by atoms with Gasteiger partial charge in [-0.3, -0.25) is 4.79 Å². The van der Waals surface area contributed by atoms with Gasteiger partial charge in [0.05, 0.1) is 22.7 Å². The summed E-state index contributed by atoms with van der Waals surface area (Å²) in [6.07, 6.45) is 3.16. The predicted molar refractivity (Wildman–Crippen MR) is 102 cm³/mol. The third kappa shape index (κ3) is 4.22. The zero-order valence-electron chi connectivity index (χ0n) is 13.4. The van der Waals surface area contributed by atoms with Crippen molar-refractivity contribution in [3.63, 3.8) is 0 Å². The molecule has 0 radical (unpaired) electrons. The van der Waals surface area contributed by atoms with E-state index in [0.29, 0.717) is 32.9 Å². The van der Waals surface area contributed by atoms with E-state index >= 15 is 0 Å². The number of amides is 1. The molecule has 0 heterocycles. The highest BCUT2D eigenvalue weighted by molar-refractivity contribution is 9.10. The fourth-order valence-electron chi connectivity index (χ4n) is 2.49. The van der Waals surface area contributed by atoms with E-state index in [9.17, 15) is 4.79 Å². The Morgan fingerprint density at radius 3 is 2.44 bits per heavy atom. The van der Waals surface area contributed by atoms with Crippen LogP contribution >= 0.6 is 39.1 Å². The van der Waals surface area contributed by atoms with Crippen molar-refractivity contribution in [2.45, 2.75) is 25.3 Å². The normalized spacial score (nSPS) is 13.9. The maximum absolute atomic E-state index is 12.5. The summed E-state index contributed by atoms with van der Waals surface area (Å²) in [6.45, 7) is 0. The average Bonchev–Trinajstić information content (AvgIpc) is 2.54. The van der Waals surface area contributed by atoms with Gasteiger partial charge in [0, 0.05) is 10.5 Å². The van der Waals surface area contributed by atoms with Crippen molar-refractivity contribution < 1.29 is 14.3 Å². The molecule has 132 valence electrons. The number of nitrogens with one attached hydrogen (secondary N) is 1. The first kappa shape index (κ1) is 18.4. The summed E-state index contributed by atoms with van der Waals surface area (Å²) in [7, 11) is 1.53. The molecular formula is C18H16BrCl2NO3. The Hall–Kier alpha value is -1.43. The molecule has 0 unspecified atom stereocenters. The third-order valence-electron chi connectivity index (χ3n) is 4.04. The number of carbonyl (C=O) groups is 1. The first-order valence-electron chi connectivity index (χ1n) is 7.79. The van der Waals surface area contributed by atoms with Crippen LogP contribution < -0.4 is 14.8 Å². The first-order valence-corrected chi connectivity index (χ1v) is 9.34. The highest BCUT2D eigenvalue weighted by atomic mass is 79.9. The van der Waals surface area contributed by atoms with E-state index in [4.69, 9.17) is 32.7 Å². The molecule has 1 aliphatic rings. The van der Waals surface area contributed by atoms with Gasteiger partial charge in [-0.25, -0.2) is 0 Å². The molecular weight excluding hydrogens is 429 g/mol. The molecule has 1 fully saturated rings. The van der Waals surface area contributed by atoms with Gasteiger partial charge in [-0.15, -0.1) is 0 Å². The number of carbonyl (C=O) groups excluding carboxylic acids is 1. The van der Waals surface area contributed by atoms with Gasteiger partial charge in [0.1, 0.15) is 11.5 Å². The summed E-state index contributed by atoms with van der Waals surface area (Å²) in [5.41, 5.74) is 0.413. The van der Waals surface area contributed by atoms with Gasteiger partial charge in [0.25, 0.3) is 5.91 Å². The Bertz CT molecular complexity index is 786. The lowest BCUT2D eigenvalue weighted by Crippen LogP contribution is -2.39. The summed E-state index contributed by atoms with van der Waals surface area (Å²) in [5.74, 6) is 1.09. The maximum Gasteiger partial charge on any atom is 0.255 e. The fraction of sp³-hybridized carbons (Fsp3) is 0.278. The molecule has 7 heteroatoms. The van der Waals surface area contributed by atoms with E-state index in [1.165, 1.54) is 7.11 Å². The quantitative estimate of drug-likeness (QED) is 0.630. The highest BCUT2D eigenvalue weighted by Gasteiger charge is 2.22. The standard InChI is InChI=1S/C18H16BrCl2NO3/c1-24-16-6-5-12(9-13(16)18(23)22-11-3-2-4-11)25-17-14(20)7-10(19)8-15(17)21/h5-9,11H,2-4H2,1H3,(H,22,23). The van der Waals surface area contributed by atoms with Crippen LogP contribution in [0.1, 0.15) is 29.6 Å². The molecule has 2 aromatic rings. The molecule has 1 N–H and O–H groups in total. The molecule has 1 amide bonds. The van der Waals surface area contributed by atoms with Crippen LogP contribution in [-0.4, -0.2) is 19.1 Å². The Morgan fingerprint density at radius 1 is 1.20 bits per heavy atom. The first-order chi connectivity index (χ1) is 12.0. The van der Waals surface area contributed by atoms with Gasteiger partial charge in [-0.2, -0.15) is 0 Å². The van der Waals surface area contributed by atoms with Crippen molar-refractivity contribution in [1.82, 2.24) is 5.32 Å². The van der Waals surface area contributed by atoms with Gasteiger partial charge in [-0.1, -0.05) is 39.1 Å². The Labute approximate surface area is 164 Å². The summed E-state index contributed by atoms with van der Waals surface area (Å²) in [5, 5.41) is 3.74. The molecule has 25 heavy (non-hydrogen) atoms. The molecule has 0 spiro atoms. The third-order valence-corrected chi connectivity index (χ3v) is 5.06. The van der Waals surface area contributed by atoms with Gasteiger partial charge in [0.2, 0.25) is 0 Å². The van der Waals surface area contributed by atoms with Crippen LogP contribution in [-0.2, 0) is 0 Å². The Kier molecular flexibility index (Phi) is 5.77. The maximum atomic E-state index is 12.5. The minimum atomic E-state index is -0.181. The molecule has 0 aliphatic heterocycles. The summed E-state index contributed by atoms with van der Waals surface area (Å²) in [6, 6.07) is 8.63. The largest absolute Gasteiger partial charge is 0.496 e. The van der Waals surface area contributed by atoms with E-state index in [1.807, 2.05) is 0 Å². The number of halogens is 3. The molecule has 0 saturated heterocycles. The Morgan fingerprint density at radius 2 is 1.88 bits per heavy atom. The molecule has 2 aromatic carbocycles. The van der Waals surface area contributed by atoms with Crippen LogP contribution in [0, 0.1) is 0 Å². The van der Waals surface area contributed by atoms with Gasteiger partial charge in [0.15, 0.2) is 5.75 Å². The van der Waals surface area contributed by atoms with E-state index in [1.54, 1.807) is 30.3 Å². The molecule has 4 nitrogen and oxygen atoms in total. The highest BCUT2D eigenvalue weighted by Crippen LogP contribution is 2.39. The molecule has 3 rings (SSSR count). The number of hydrogen-bond donors (Lipinski definition) is 1. The van der Waals surface area contributed by atoms with Gasteiger partial charge >= 0.3 is 0 Å². The molecule has 0 atom stereocenters. The van der Waals surface area contributed by atoms with Gasteiger partial charge in [-0.05, 0) is 49.6 Å². The van der Waals surface area contributed by atoms with Crippen LogP contribution in [0.5, 0.6) is 17.2 Å². The number of methoxy groups -OCH3 is 1. The van der Waals surface area contributed by atoms with Crippen molar-refractivity contribution in [3.8, 4) is 17.2 Å². The second-order valence-corrected chi connectivity index (χ2v) is 7.49. The zero-order valence-corrected chi connectivity index (χ0v) is 16.5. The lowest BCUT2D eigenvalue weighted by atomic mass is 9.93. The van der Waals surface area contributed by atoms with Crippen LogP contribution in [0.4, 0.5) is 0 Å². The van der Waals surface area contributed by atoms with Crippen LogP contribution in [0.15, 0.2) is 34.8 Å². The fourth-order valence-corrected chi connectivity index (χ4v) is 3.77.